The molecule has 0 aliphatic carbocycles. The van der Waals surface area contributed by atoms with Gasteiger partial charge in [0.05, 0.1) is 5.75 Å². The number of carbonyl (C=O) groups is 2. The van der Waals surface area contributed by atoms with Crippen molar-refractivity contribution in [2.75, 3.05) is 23.7 Å². The molecule has 0 saturated heterocycles. The van der Waals surface area contributed by atoms with Crippen LogP contribution in [-0.2, 0) is 11.3 Å². The van der Waals surface area contributed by atoms with Crippen LogP contribution in [0.2, 0.25) is 0 Å². The van der Waals surface area contributed by atoms with Gasteiger partial charge in [-0.3, -0.25) is 20.4 Å². The van der Waals surface area contributed by atoms with E-state index in [2.05, 4.69) is 39.8 Å². The Balaban J connectivity index is 1.81. The largest absolute Gasteiger partial charge is 0.372 e. The van der Waals surface area contributed by atoms with Crippen molar-refractivity contribution < 1.29 is 9.59 Å². The molecule has 0 spiro atoms. The quantitative estimate of drug-likeness (QED) is 0.538. The number of aromatic nitrogens is 3. The Kier molecular flexibility index (Phi) is 7.46. The number of amides is 2. The van der Waals surface area contributed by atoms with E-state index in [0.717, 1.165) is 25.3 Å². The van der Waals surface area contributed by atoms with Crippen molar-refractivity contribution >= 4 is 29.3 Å². The average Bonchev–Trinajstić information content (AvgIpc) is 3.13. The molecule has 140 valence electrons. The molecule has 0 fully saturated rings. The lowest BCUT2D eigenvalue weighted by molar-refractivity contribution is -0.119. The fourth-order valence-electron chi connectivity index (χ4n) is 2.35. The molecule has 1 aromatic heterocycles. The topological polar surface area (TPSA) is 92.2 Å². The summed E-state index contributed by atoms with van der Waals surface area (Å²) in [7, 11) is 0. The van der Waals surface area contributed by atoms with Crippen molar-refractivity contribution in [2.45, 2.75) is 32.5 Å². The zero-order chi connectivity index (χ0) is 18.9. The number of thioether (sulfide) groups is 1. The molecule has 1 heterocycles. The summed E-state index contributed by atoms with van der Waals surface area (Å²) in [5, 5.41) is 8.41. The molecule has 0 unspecified atom stereocenters. The molecular weight excluding hydrogens is 352 g/mol. The standard InChI is InChI=1S/C17H24N6O2S/c1-4-22(5-2)14-9-7-13(8-10-14)16(25)20-19-15(24)11-26-17-21-18-12-23(17)6-3/h7-10,12H,4-6,11H2,1-3H3,(H,19,24)(H,20,25). The molecular formula is C17H24N6O2S. The summed E-state index contributed by atoms with van der Waals surface area (Å²) in [6.07, 6.45) is 1.61. The number of hydrazine groups is 1. The Morgan fingerprint density at radius 1 is 1.12 bits per heavy atom. The van der Waals surface area contributed by atoms with Gasteiger partial charge < -0.3 is 9.47 Å². The summed E-state index contributed by atoms with van der Waals surface area (Å²) in [6.45, 7) is 8.68. The molecule has 9 heteroatoms. The molecule has 26 heavy (non-hydrogen) atoms. The fourth-order valence-corrected chi connectivity index (χ4v) is 3.13. The summed E-state index contributed by atoms with van der Waals surface area (Å²) in [5.41, 5.74) is 6.39. The first-order valence-corrected chi connectivity index (χ1v) is 9.52. The lowest BCUT2D eigenvalue weighted by atomic mass is 10.2. The average molecular weight is 376 g/mol. The van der Waals surface area contributed by atoms with E-state index in [1.165, 1.54) is 11.8 Å². The Morgan fingerprint density at radius 3 is 2.42 bits per heavy atom. The maximum atomic E-state index is 12.1. The van der Waals surface area contributed by atoms with Crippen molar-refractivity contribution in [3.8, 4) is 0 Å². The highest BCUT2D eigenvalue weighted by Gasteiger charge is 2.11. The molecule has 2 aromatic rings. The Bertz CT molecular complexity index is 727. The zero-order valence-corrected chi connectivity index (χ0v) is 16.0. The number of carbonyl (C=O) groups excluding carboxylic acids is 2. The third-order valence-electron chi connectivity index (χ3n) is 3.83. The summed E-state index contributed by atoms with van der Waals surface area (Å²) < 4.78 is 1.84. The third kappa shape index (κ3) is 5.22. The predicted molar refractivity (Wildman–Crippen MR) is 102 cm³/mol. The molecule has 2 N–H and O–H groups in total. The first-order valence-electron chi connectivity index (χ1n) is 8.53. The van der Waals surface area contributed by atoms with E-state index in [4.69, 9.17) is 0 Å². The Hall–Kier alpha value is -2.55. The van der Waals surface area contributed by atoms with E-state index < -0.39 is 0 Å². The molecule has 0 aliphatic heterocycles. The number of rotatable bonds is 8. The van der Waals surface area contributed by atoms with Gasteiger partial charge >= 0.3 is 0 Å². The molecule has 0 bridgehead atoms. The van der Waals surface area contributed by atoms with Crippen molar-refractivity contribution in [3.63, 3.8) is 0 Å². The molecule has 8 nitrogen and oxygen atoms in total. The molecule has 0 aliphatic rings. The minimum atomic E-state index is -0.355. The van der Waals surface area contributed by atoms with Gasteiger partial charge in [0, 0.05) is 30.9 Å². The summed E-state index contributed by atoms with van der Waals surface area (Å²) in [6, 6.07) is 7.29. The van der Waals surface area contributed by atoms with Crippen molar-refractivity contribution in [1.29, 1.82) is 0 Å². The highest BCUT2D eigenvalue weighted by Crippen LogP contribution is 2.15. The van der Waals surface area contributed by atoms with Crippen LogP contribution in [0.15, 0.2) is 35.7 Å². The minimum absolute atomic E-state index is 0.139. The van der Waals surface area contributed by atoms with Gasteiger partial charge in [-0.1, -0.05) is 11.8 Å². The normalized spacial score (nSPS) is 10.4. The number of hydrogen-bond acceptors (Lipinski definition) is 6. The summed E-state index contributed by atoms with van der Waals surface area (Å²) >= 11 is 1.26. The maximum absolute atomic E-state index is 12.1. The number of hydrogen-bond donors (Lipinski definition) is 2. The van der Waals surface area contributed by atoms with Crippen LogP contribution in [0.25, 0.3) is 0 Å². The van der Waals surface area contributed by atoms with Crippen LogP contribution >= 0.6 is 11.8 Å². The second kappa shape index (κ2) is 9.81. The van der Waals surface area contributed by atoms with Gasteiger partial charge in [0.2, 0.25) is 5.91 Å². The summed E-state index contributed by atoms with van der Waals surface area (Å²) in [4.78, 5) is 26.2. The zero-order valence-electron chi connectivity index (χ0n) is 15.2. The second-order valence-corrected chi connectivity index (χ2v) is 6.35. The van der Waals surface area contributed by atoms with Crippen LogP contribution in [0.4, 0.5) is 5.69 Å². The SMILES string of the molecule is CCN(CC)c1ccc(C(=O)NNC(=O)CSc2nncn2CC)cc1. The number of benzene rings is 1. The number of nitrogens with one attached hydrogen (secondary N) is 2. The molecule has 0 radical (unpaired) electrons. The van der Waals surface area contributed by atoms with E-state index >= 15 is 0 Å². The van der Waals surface area contributed by atoms with Crippen LogP contribution in [-0.4, -0.2) is 45.4 Å². The van der Waals surface area contributed by atoms with Gasteiger partial charge in [0.1, 0.15) is 6.33 Å². The van der Waals surface area contributed by atoms with Gasteiger partial charge in [0.15, 0.2) is 5.16 Å². The van der Waals surface area contributed by atoms with E-state index in [-0.39, 0.29) is 17.6 Å². The minimum Gasteiger partial charge on any atom is -0.372 e. The third-order valence-corrected chi connectivity index (χ3v) is 4.81. The van der Waals surface area contributed by atoms with Crippen LogP contribution in [0.1, 0.15) is 31.1 Å². The highest BCUT2D eigenvalue weighted by molar-refractivity contribution is 7.99. The fraction of sp³-hybridized carbons (Fsp3) is 0.412. The van der Waals surface area contributed by atoms with Gasteiger partial charge in [-0.25, -0.2) is 0 Å². The lowest BCUT2D eigenvalue weighted by Gasteiger charge is -2.21. The Labute approximate surface area is 157 Å². The number of anilines is 1. The monoisotopic (exact) mass is 376 g/mol. The van der Waals surface area contributed by atoms with Gasteiger partial charge in [-0.05, 0) is 45.0 Å². The molecule has 1 aromatic carbocycles. The highest BCUT2D eigenvalue weighted by atomic mass is 32.2. The van der Waals surface area contributed by atoms with Gasteiger partial charge in [-0.2, -0.15) is 0 Å². The summed E-state index contributed by atoms with van der Waals surface area (Å²) in [5.74, 6) is -0.528. The van der Waals surface area contributed by atoms with Crippen LogP contribution in [0.3, 0.4) is 0 Å². The number of aryl methyl sites for hydroxylation is 1. The lowest BCUT2D eigenvalue weighted by Crippen LogP contribution is -2.42. The number of nitrogens with zero attached hydrogens (tertiary/aromatic N) is 4. The van der Waals surface area contributed by atoms with E-state index in [1.54, 1.807) is 18.5 Å². The van der Waals surface area contributed by atoms with E-state index in [9.17, 15) is 9.59 Å². The van der Waals surface area contributed by atoms with Crippen LogP contribution < -0.4 is 15.8 Å². The first kappa shape index (κ1) is 19.8. The van der Waals surface area contributed by atoms with Crippen LogP contribution in [0, 0.1) is 0 Å². The van der Waals surface area contributed by atoms with Gasteiger partial charge in [0.25, 0.3) is 5.91 Å². The van der Waals surface area contributed by atoms with Crippen molar-refractivity contribution in [3.05, 3.63) is 36.2 Å². The molecule has 2 amide bonds. The van der Waals surface area contributed by atoms with Crippen molar-refractivity contribution in [2.24, 2.45) is 0 Å². The second-order valence-electron chi connectivity index (χ2n) is 5.41. The van der Waals surface area contributed by atoms with E-state index in [1.807, 2.05) is 23.6 Å². The first-order chi connectivity index (χ1) is 12.6. The smallest absolute Gasteiger partial charge is 0.269 e. The van der Waals surface area contributed by atoms with Crippen LogP contribution in [0.5, 0.6) is 0 Å². The predicted octanol–water partition coefficient (Wildman–Crippen LogP) is 1.70. The molecule has 0 saturated carbocycles. The molecule has 2 rings (SSSR count). The Morgan fingerprint density at radius 2 is 1.81 bits per heavy atom. The van der Waals surface area contributed by atoms with E-state index in [0.29, 0.717) is 10.7 Å². The maximum Gasteiger partial charge on any atom is 0.269 e. The van der Waals surface area contributed by atoms with Gasteiger partial charge in [-0.15, -0.1) is 10.2 Å². The van der Waals surface area contributed by atoms with Crippen molar-refractivity contribution in [1.82, 2.24) is 25.6 Å². The molecule has 0 atom stereocenters.